The molecule has 0 N–H and O–H groups in total. The van der Waals surface area contributed by atoms with Gasteiger partial charge in [0.15, 0.2) is 0 Å². The van der Waals surface area contributed by atoms with E-state index in [0.29, 0.717) is 59.4 Å². The Balaban J connectivity index is 1.50. The lowest BCUT2D eigenvalue weighted by atomic mass is 9.97. The van der Waals surface area contributed by atoms with Crippen LogP contribution in [0.2, 0.25) is 5.02 Å². The van der Waals surface area contributed by atoms with Crippen molar-refractivity contribution in [1.29, 1.82) is 0 Å². The van der Waals surface area contributed by atoms with Gasteiger partial charge >= 0.3 is 6.18 Å². The summed E-state index contributed by atoms with van der Waals surface area (Å²) >= 11 is 9.80. The molecular weight excluding hydrogens is 549 g/mol. The minimum atomic E-state index is -4.19. The van der Waals surface area contributed by atoms with Crippen molar-refractivity contribution in [3.05, 3.63) is 39.5 Å². The molecule has 2 aromatic heterocycles. The maximum atomic E-state index is 12.7. The molecular formula is C23H27BrClF3N6O. The molecule has 3 aromatic rings. The molecule has 7 nitrogen and oxygen atoms in total. The number of alkyl halides is 3. The minimum Gasteiger partial charge on any atom is -0.437 e. The average molecular weight is 576 g/mol. The quantitative estimate of drug-likeness (QED) is 0.373. The number of halogens is 5. The fraction of sp³-hybridized carbons (Fsp3) is 0.522. The summed E-state index contributed by atoms with van der Waals surface area (Å²) in [4.78, 5) is 7.87. The molecule has 1 aromatic carbocycles. The first-order valence-corrected chi connectivity index (χ1v) is 12.4. The normalized spacial score (nSPS) is 16.2. The van der Waals surface area contributed by atoms with Gasteiger partial charge in [0.25, 0.3) is 0 Å². The molecule has 0 atom stereocenters. The van der Waals surface area contributed by atoms with Gasteiger partial charge in [-0.15, -0.1) is 5.10 Å². The van der Waals surface area contributed by atoms with E-state index in [-0.39, 0.29) is 5.41 Å². The Morgan fingerprint density at radius 2 is 1.74 bits per heavy atom. The van der Waals surface area contributed by atoms with Crippen LogP contribution in [0.5, 0.6) is 11.6 Å². The van der Waals surface area contributed by atoms with E-state index in [9.17, 15) is 13.2 Å². The summed E-state index contributed by atoms with van der Waals surface area (Å²) in [5.74, 6) is 0.917. The van der Waals surface area contributed by atoms with Crippen LogP contribution in [0.25, 0.3) is 11.0 Å². The van der Waals surface area contributed by atoms with Gasteiger partial charge in [-0.3, -0.25) is 9.80 Å². The minimum absolute atomic E-state index is 0.0443. The van der Waals surface area contributed by atoms with Gasteiger partial charge in [0.1, 0.15) is 11.3 Å². The molecule has 0 radical (unpaired) electrons. The number of hydrogen-bond acceptors (Lipinski definition) is 6. The van der Waals surface area contributed by atoms with Gasteiger partial charge in [-0.25, -0.2) is 9.67 Å². The number of fused-ring (bicyclic) bond motifs is 1. The fourth-order valence-corrected chi connectivity index (χ4v) is 4.69. The third kappa shape index (κ3) is 6.84. The van der Waals surface area contributed by atoms with Gasteiger partial charge in [0.2, 0.25) is 5.88 Å². The molecule has 0 bridgehead atoms. The van der Waals surface area contributed by atoms with Crippen LogP contribution in [0.1, 0.15) is 26.3 Å². The monoisotopic (exact) mass is 574 g/mol. The zero-order valence-corrected chi connectivity index (χ0v) is 22.1. The molecule has 190 valence electrons. The average Bonchev–Trinajstić information content (AvgIpc) is 3.14. The van der Waals surface area contributed by atoms with E-state index in [2.05, 4.69) is 56.9 Å². The zero-order chi connectivity index (χ0) is 25.4. The van der Waals surface area contributed by atoms with Gasteiger partial charge in [-0.2, -0.15) is 13.2 Å². The Hall–Kier alpha value is -1.95. The Morgan fingerprint density at radius 1 is 1.06 bits per heavy atom. The Bertz CT molecular complexity index is 1190. The standard InChI is InChI=1S/C23H27BrClF3N6O/c1-22(2,3)13-34-17-4-5-18(19(24)20(17)30-31-34)35-21-15(10-16(25)11-29-21)12-32-6-8-33(9-7-32)14-23(26,27)28/h4-5,10-11H,6-9,12-14H2,1-3H3. The van der Waals surface area contributed by atoms with Crippen molar-refractivity contribution in [2.45, 2.75) is 40.0 Å². The van der Waals surface area contributed by atoms with Gasteiger partial charge < -0.3 is 4.74 Å². The topological polar surface area (TPSA) is 59.3 Å². The number of pyridine rings is 1. The summed E-state index contributed by atoms with van der Waals surface area (Å²) in [6, 6.07) is 5.53. The predicted molar refractivity (Wildman–Crippen MR) is 132 cm³/mol. The highest BCUT2D eigenvalue weighted by atomic mass is 79.9. The smallest absolute Gasteiger partial charge is 0.401 e. The highest BCUT2D eigenvalue weighted by molar-refractivity contribution is 9.10. The molecule has 4 rings (SSSR count). The van der Waals surface area contributed by atoms with Crippen molar-refractivity contribution in [3.63, 3.8) is 0 Å². The van der Waals surface area contributed by atoms with E-state index in [1.54, 1.807) is 6.07 Å². The van der Waals surface area contributed by atoms with Crippen molar-refractivity contribution < 1.29 is 17.9 Å². The molecule has 35 heavy (non-hydrogen) atoms. The number of aromatic nitrogens is 4. The van der Waals surface area contributed by atoms with Crippen LogP contribution in [0.15, 0.2) is 28.9 Å². The van der Waals surface area contributed by atoms with Crippen LogP contribution in [0.4, 0.5) is 13.2 Å². The summed E-state index contributed by atoms with van der Waals surface area (Å²) in [7, 11) is 0. The van der Waals surface area contributed by atoms with E-state index in [4.69, 9.17) is 16.3 Å². The third-order valence-electron chi connectivity index (χ3n) is 5.57. The van der Waals surface area contributed by atoms with E-state index < -0.39 is 12.7 Å². The van der Waals surface area contributed by atoms with Gasteiger partial charge in [0.05, 0.1) is 21.6 Å². The molecule has 1 saturated heterocycles. The molecule has 1 aliphatic heterocycles. The van der Waals surface area contributed by atoms with Gasteiger partial charge in [-0.05, 0) is 39.5 Å². The number of nitrogens with zero attached hydrogens (tertiary/aromatic N) is 6. The first-order valence-electron chi connectivity index (χ1n) is 11.2. The second-order valence-corrected chi connectivity index (χ2v) is 11.2. The van der Waals surface area contributed by atoms with E-state index in [0.717, 1.165) is 17.6 Å². The molecule has 0 spiro atoms. The van der Waals surface area contributed by atoms with Crippen molar-refractivity contribution in [2.24, 2.45) is 5.41 Å². The summed E-state index contributed by atoms with van der Waals surface area (Å²) < 4.78 is 46.7. The van der Waals surface area contributed by atoms with Crippen LogP contribution in [-0.2, 0) is 13.1 Å². The first kappa shape index (κ1) is 26.1. The fourth-order valence-electron chi connectivity index (χ4n) is 4.01. The van der Waals surface area contributed by atoms with E-state index in [1.165, 1.54) is 11.1 Å². The van der Waals surface area contributed by atoms with Crippen LogP contribution in [0.3, 0.4) is 0 Å². The Labute approximate surface area is 215 Å². The molecule has 0 aliphatic carbocycles. The third-order valence-corrected chi connectivity index (χ3v) is 6.55. The number of piperazine rings is 1. The van der Waals surface area contributed by atoms with Crippen molar-refractivity contribution in [1.82, 2.24) is 29.8 Å². The maximum absolute atomic E-state index is 12.7. The summed E-state index contributed by atoms with van der Waals surface area (Å²) in [5, 5.41) is 9.07. The highest BCUT2D eigenvalue weighted by Gasteiger charge is 2.32. The number of benzene rings is 1. The van der Waals surface area contributed by atoms with Crippen LogP contribution in [-0.4, -0.2) is 68.7 Å². The number of rotatable bonds is 6. The highest BCUT2D eigenvalue weighted by Crippen LogP contribution is 2.36. The summed E-state index contributed by atoms with van der Waals surface area (Å²) in [6.45, 7) is 8.41. The zero-order valence-electron chi connectivity index (χ0n) is 19.7. The molecule has 12 heteroatoms. The molecule has 3 heterocycles. The van der Waals surface area contributed by atoms with E-state index in [1.807, 2.05) is 16.8 Å². The van der Waals surface area contributed by atoms with Crippen molar-refractivity contribution >= 4 is 38.6 Å². The summed E-state index contributed by atoms with van der Waals surface area (Å²) in [5.41, 5.74) is 2.37. The second kappa shape index (κ2) is 10.2. The molecule has 0 unspecified atom stereocenters. The molecule has 1 aliphatic rings. The second-order valence-electron chi connectivity index (χ2n) is 9.94. The van der Waals surface area contributed by atoms with Crippen LogP contribution in [0, 0.1) is 5.41 Å². The van der Waals surface area contributed by atoms with Gasteiger partial charge in [-0.1, -0.05) is 37.6 Å². The van der Waals surface area contributed by atoms with Crippen molar-refractivity contribution in [2.75, 3.05) is 32.7 Å². The Morgan fingerprint density at radius 3 is 2.40 bits per heavy atom. The lowest BCUT2D eigenvalue weighted by molar-refractivity contribution is -0.149. The molecule has 0 saturated carbocycles. The van der Waals surface area contributed by atoms with Crippen LogP contribution < -0.4 is 4.74 Å². The Kier molecular flexibility index (Phi) is 7.61. The van der Waals surface area contributed by atoms with Gasteiger partial charge in [0, 0.05) is 51.0 Å². The van der Waals surface area contributed by atoms with E-state index >= 15 is 0 Å². The largest absolute Gasteiger partial charge is 0.437 e. The lowest BCUT2D eigenvalue weighted by Crippen LogP contribution is -2.48. The molecule has 1 fully saturated rings. The van der Waals surface area contributed by atoms with Crippen molar-refractivity contribution in [3.8, 4) is 11.6 Å². The predicted octanol–water partition coefficient (Wildman–Crippen LogP) is 5.76. The van der Waals surface area contributed by atoms with Crippen LogP contribution >= 0.6 is 27.5 Å². The number of ether oxygens (including phenoxy) is 1. The summed E-state index contributed by atoms with van der Waals surface area (Å²) in [6.07, 6.45) is -2.68. The maximum Gasteiger partial charge on any atom is 0.401 e. The lowest BCUT2D eigenvalue weighted by Gasteiger charge is -2.35. The first-order chi connectivity index (χ1) is 16.4. The molecule has 0 amide bonds. The number of hydrogen-bond donors (Lipinski definition) is 0. The SMILES string of the molecule is CC(C)(C)Cn1nnc2c(Br)c(Oc3ncc(Cl)cc3CN3CCN(CC(F)(F)F)CC3)ccc21.